The minimum absolute atomic E-state index is 0.0432. The Labute approximate surface area is 142 Å². The van der Waals surface area contributed by atoms with E-state index in [1.165, 1.54) is 18.2 Å². The van der Waals surface area contributed by atoms with E-state index >= 15 is 0 Å². The molecule has 2 aromatic rings. The number of rotatable bonds is 7. The highest BCUT2D eigenvalue weighted by Crippen LogP contribution is 2.25. The van der Waals surface area contributed by atoms with Crippen LogP contribution in [0.4, 0.5) is 4.39 Å². The van der Waals surface area contributed by atoms with Crippen molar-refractivity contribution in [1.82, 2.24) is 10.0 Å². The summed E-state index contributed by atoms with van der Waals surface area (Å²) in [6, 6.07) is 9.10. The van der Waals surface area contributed by atoms with Gasteiger partial charge in [0, 0.05) is 6.54 Å². The molecule has 1 aromatic heterocycles. The average molecular weight is 377 g/mol. The fraction of sp³-hybridized carbons (Fsp3) is 0.214. The van der Waals surface area contributed by atoms with Crippen molar-refractivity contribution in [2.75, 3.05) is 13.1 Å². The highest BCUT2D eigenvalue weighted by atomic mass is 35.5. The Morgan fingerprint density at radius 3 is 2.61 bits per heavy atom. The molecule has 2 rings (SSSR count). The molecule has 0 radical (unpaired) electrons. The molecular weight excluding hydrogens is 363 g/mol. The molecule has 0 saturated carbocycles. The first-order chi connectivity index (χ1) is 10.9. The molecule has 1 aromatic carbocycles. The van der Waals surface area contributed by atoms with E-state index in [0.717, 1.165) is 11.3 Å². The summed E-state index contributed by atoms with van der Waals surface area (Å²) in [6.07, 6.45) is 0.325. The summed E-state index contributed by atoms with van der Waals surface area (Å²) in [5, 5.41) is 2.53. The molecule has 0 aliphatic carbocycles. The molecule has 0 bridgehead atoms. The van der Waals surface area contributed by atoms with E-state index in [1.54, 1.807) is 18.2 Å². The van der Waals surface area contributed by atoms with Crippen LogP contribution in [0.2, 0.25) is 4.34 Å². The molecule has 0 saturated heterocycles. The van der Waals surface area contributed by atoms with E-state index in [9.17, 15) is 17.6 Å². The largest absolute Gasteiger partial charge is 0.355 e. The summed E-state index contributed by atoms with van der Waals surface area (Å²) in [4.78, 5) is 11.6. The lowest BCUT2D eigenvalue weighted by molar-refractivity contribution is -0.119. The minimum atomic E-state index is -3.76. The Morgan fingerprint density at radius 2 is 1.96 bits per heavy atom. The Kier molecular flexibility index (Phi) is 6.11. The van der Waals surface area contributed by atoms with Gasteiger partial charge in [-0.25, -0.2) is 17.5 Å². The van der Waals surface area contributed by atoms with Gasteiger partial charge in [-0.3, -0.25) is 4.79 Å². The van der Waals surface area contributed by atoms with Gasteiger partial charge in [0.2, 0.25) is 5.91 Å². The molecule has 124 valence electrons. The number of amides is 1. The monoisotopic (exact) mass is 376 g/mol. The second kappa shape index (κ2) is 7.87. The second-order valence-electron chi connectivity index (χ2n) is 4.57. The van der Waals surface area contributed by atoms with Gasteiger partial charge in [-0.1, -0.05) is 29.8 Å². The quantitative estimate of drug-likeness (QED) is 0.777. The van der Waals surface area contributed by atoms with Gasteiger partial charge in [0.25, 0.3) is 10.0 Å². The molecule has 0 aliphatic rings. The molecular formula is C14H14ClFN2O3S2. The Hall–Kier alpha value is -1.48. The zero-order valence-electron chi connectivity index (χ0n) is 11.9. The number of nitrogens with one attached hydrogen (secondary N) is 2. The standard InChI is InChI=1S/C14H14ClFN2O3S2/c15-12-5-6-14(22-12)23(20,21)18-9-13(19)17-8-7-10-3-1-2-4-11(10)16/h1-6,18H,7-9H2,(H,17,19). The summed E-state index contributed by atoms with van der Waals surface area (Å²) < 4.78 is 39.8. The van der Waals surface area contributed by atoms with Crippen molar-refractivity contribution >= 4 is 38.9 Å². The van der Waals surface area contributed by atoms with E-state index in [1.807, 2.05) is 0 Å². The summed E-state index contributed by atoms with van der Waals surface area (Å²) in [7, 11) is -3.76. The number of benzene rings is 1. The number of carbonyl (C=O) groups excluding carboxylic acids is 1. The average Bonchev–Trinajstić information content (AvgIpc) is 2.95. The van der Waals surface area contributed by atoms with Gasteiger partial charge in [0.05, 0.1) is 10.9 Å². The molecule has 1 amide bonds. The SMILES string of the molecule is O=C(CNS(=O)(=O)c1ccc(Cl)s1)NCCc1ccccc1F. The van der Waals surface area contributed by atoms with Crippen LogP contribution in [0.3, 0.4) is 0 Å². The summed E-state index contributed by atoms with van der Waals surface area (Å²) in [5.74, 6) is -0.829. The van der Waals surface area contributed by atoms with Crippen molar-refractivity contribution in [1.29, 1.82) is 0 Å². The lowest BCUT2D eigenvalue weighted by Crippen LogP contribution is -2.37. The zero-order chi connectivity index (χ0) is 16.9. The Balaban J connectivity index is 1.78. The van der Waals surface area contributed by atoms with Crippen LogP contribution in [0, 0.1) is 5.82 Å². The van der Waals surface area contributed by atoms with E-state index in [4.69, 9.17) is 11.6 Å². The summed E-state index contributed by atoms with van der Waals surface area (Å²) >= 11 is 6.59. The van der Waals surface area contributed by atoms with Gasteiger partial charge in [-0.15, -0.1) is 11.3 Å². The summed E-state index contributed by atoms with van der Waals surface area (Å²) in [5.41, 5.74) is 0.488. The molecule has 9 heteroatoms. The number of sulfonamides is 1. The maximum absolute atomic E-state index is 13.4. The lowest BCUT2D eigenvalue weighted by Gasteiger charge is -2.07. The molecule has 5 nitrogen and oxygen atoms in total. The van der Waals surface area contributed by atoms with Gasteiger partial charge in [0.15, 0.2) is 0 Å². The third kappa shape index (κ3) is 5.28. The molecule has 2 N–H and O–H groups in total. The minimum Gasteiger partial charge on any atom is -0.355 e. The number of hydrogen-bond acceptors (Lipinski definition) is 4. The van der Waals surface area contributed by atoms with Crippen molar-refractivity contribution in [3.63, 3.8) is 0 Å². The van der Waals surface area contributed by atoms with E-state index < -0.39 is 22.5 Å². The van der Waals surface area contributed by atoms with Crippen molar-refractivity contribution < 1.29 is 17.6 Å². The van der Waals surface area contributed by atoms with Crippen LogP contribution >= 0.6 is 22.9 Å². The smallest absolute Gasteiger partial charge is 0.250 e. The van der Waals surface area contributed by atoms with Crippen LogP contribution in [-0.2, 0) is 21.2 Å². The highest BCUT2D eigenvalue weighted by Gasteiger charge is 2.17. The van der Waals surface area contributed by atoms with Crippen molar-refractivity contribution in [2.45, 2.75) is 10.6 Å². The molecule has 1 heterocycles. The van der Waals surface area contributed by atoms with Crippen LogP contribution < -0.4 is 10.0 Å². The number of thiophene rings is 1. The van der Waals surface area contributed by atoms with Crippen LogP contribution in [-0.4, -0.2) is 27.4 Å². The summed E-state index contributed by atoms with van der Waals surface area (Å²) in [6.45, 7) is -0.179. The van der Waals surface area contributed by atoms with Crippen molar-refractivity contribution in [2.24, 2.45) is 0 Å². The van der Waals surface area contributed by atoms with Gasteiger partial charge >= 0.3 is 0 Å². The Bertz CT molecular complexity index is 793. The van der Waals surface area contributed by atoms with E-state index in [2.05, 4.69) is 10.0 Å². The van der Waals surface area contributed by atoms with Crippen molar-refractivity contribution in [3.05, 3.63) is 52.1 Å². The fourth-order valence-corrected chi connectivity index (χ4v) is 4.28. The van der Waals surface area contributed by atoms with Crippen LogP contribution in [0.1, 0.15) is 5.56 Å². The van der Waals surface area contributed by atoms with E-state index in [-0.39, 0.29) is 16.6 Å². The third-order valence-corrected chi connectivity index (χ3v) is 6.03. The first-order valence-electron chi connectivity index (χ1n) is 6.63. The maximum Gasteiger partial charge on any atom is 0.250 e. The normalized spacial score (nSPS) is 11.4. The molecule has 0 aliphatic heterocycles. The molecule has 0 fully saturated rings. The molecule has 0 atom stereocenters. The number of hydrogen-bond donors (Lipinski definition) is 2. The van der Waals surface area contributed by atoms with Crippen LogP contribution in [0.25, 0.3) is 0 Å². The lowest BCUT2D eigenvalue weighted by atomic mass is 10.1. The highest BCUT2D eigenvalue weighted by molar-refractivity contribution is 7.91. The van der Waals surface area contributed by atoms with Gasteiger partial charge in [0.1, 0.15) is 10.0 Å². The van der Waals surface area contributed by atoms with Crippen LogP contribution in [0.15, 0.2) is 40.6 Å². The van der Waals surface area contributed by atoms with Crippen molar-refractivity contribution in [3.8, 4) is 0 Å². The zero-order valence-corrected chi connectivity index (χ0v) is 14.3. The van der Waals surface area contributed by atoms with Gasteiger partial charge < -0.3 is 5.32 Å². The first kappa shape index (κ1) is 17.9. The van der Waals surface area contributed by atoms with Gasteiger partial charge in [-0.05, 0) is 30.2 Å². The third-order valence-electron chi connectivity index (χ3n) is 2.91. The van der Waals surface area contributed by atoms with E-state index in [0.29, 0.717) is 16.3 Å². The molecule has 0 spiro atoms. The number of halogens is 2. The van der Waals surface area contributed by atoms with Crippen LogP contribution in [0.5, 0.6) is 0 Å². The molecule has 23 heavy (non-hydrogen) atoms. The predicted octanol–water partition coefficient (Wildman–Crippen LogP) is 2.18. The Morgan fingerprint density at radius 1 is 1.22 bits per heavy atom. The predicted molar refractivity (Wildman–Crippen MR) is 87.6 cm³/mol. The number of carbonyl (C=O) groups is 1. The second-order valence-corrected chi connectivity index (χ2v) is 8.28. The topological polar surface area (TPSA) is 75.3 Å². The maximum atomic E-state index is 13.4. The molecule has 0 unspecified atom stereocenters. The fourth-order valence-electron chi connectivity index (χ4n) is 1.77. The van der Waals surface area contributed by atoms with Gasteiger partial charge in [-0.2, -0.15) is 0 Å². The first-order valence-corrected chi connectivity index (χ1v) is 9.31.